The van der Waals surface area contributed by atoms with Crippen molar-refractivity contribution in [2.24, 2.45) is 11.3 Å². The lowest BCUT2D eigenvalue weighted by Gasteiger charge is -2.33. The molecule has 2 aliphatic heterocycles. The molecule has 1 aromatic rings. The number of amides is 1. The van der Waals surface area contributed by atoms with Gasteiger partial charge in [-0.3, -0.25) is 9.59 Å². The van der Waals surface area contributed by atoms with Crippen LogP contribution in [-0.4, -0.2) is 63.7 Å². The average molecular weight is 372 g/mol. The molecule has 1 aromatic heterocycles. The highest BCUT2D eigenvalue weighted by atomic mass is 32.2. The van der Waals surface area contributed by atoms with Gasteiger partial charge in [0, 0.05) is 31.7 Å². The largest absolute Gasteiger partial charge is 0.481 e. The molecule has 25 heavy (non-hydrogen) atoms. The van der Waals surface area contributed by atoms with Crippen LogP contribution in [0.3, 0.4) is 0 Å². The normalized spacial score (nSPS) is 26.5. The van der Waals surface area contributed by atoms with Gasteiger partial charge < -0.3 is 19.2 Å². The second kappa shape index (κ2) is 6.11. The van der Waals surface area contributed by atoms with Gasteiger partial charge in [-0.25, -0.2) is 13.1 Å². The molecule has 0 saturated carbocycles. The monoisotopic (exact) mass is 372 g/mol. The van der Waals surface area contributed by atoms with Crippen molar-refractivity contribution in [3.8, 4) is 0 Å². The predicted octanol–water partition coefficient (Wildman–Crippen LogP) is 0.0594. The number of furan rings is 1. The number of ether oxygens (including phenoxy) is 1. The first-order chi connectivity index (χ1) is 11.7. The van der Waals surface area contributed by atoms with Gasteiger partial charge in [0.15, 0.2) is 0 Å². The molecule has 2 fully saturated rings. The number of sulfonamides is 1. The Morgan fingerprint density at radius 2 is 2.16 bits per heavy atom. The molecule has 0 radical (unpaired) electrons. The van der Waals surface area contributed by atoms with Crippen molar-refractivity contribution < 1.29 is 32.3 Å². The van der Waals surface area contributed by atoms with Gasteiger partial charge in [-0.05, 0) is 20.4 Å². The van der Waals surface area contributed by atoms with Crippen molar-refractivity contribution in [2.75, 3.05) is 33.4 Å². The maximum absolute atomic E-state index is 12.8. The molecule has 2 aliphatic rings. The zero-order chi connectivity index (χ0) is 18.4. The van der Waals surface area contributed by atoms with E-state index in [1.807, 2.05) is 0 Å². The van der Waals surface area contributed by atoms with E-state index in [1.54, 1.807) is 0 Å². The van der Waals surface area contributed by atoms with Crippen LogP contribution >= 0.6 is 0 Å². The number of likely N-dealkylation sites (tertiary alicyclic amines) is 1. The number of aliphatic carboxylic acids is 1. The number of rotatable bonds is 4. The summed E-state index contributed by atoms with van der Waals surface area (Å²) in [5.74, 6) is -1.47. The molecule has 0 aliphatic carbocycles. The predicted molar refractivity (Wildman–Crippen MR) is 84.6 cm³/mol. The van der Waals surface area contributed by atoms with Crippen LogP contribution in [-0.2, 0) is 19.6 Å². The fourth-order valence-electron chi connectivity index (χ4n) is 3.52. The highest BCUT2D eigenvalue weighted by Gasteiger charge is 2.55. The zero-order valence-electron chi connectivity index (χ0n) is 13.9. The Hall–Kier alpha value is -1.91. The van der Waals surface area contributed by atoms with E-state index in [4.69, 9.17) is 9.15 Å². The van der Waals surface area contributed by atoms with Crippen LogP contribution in [0.15, 0.2) is 15.6 Å². The van der Waals surface area contributed by atoms with E-state index >= 15 is 0 Å². The molecule has 0 bridgehead atoms. The summed E-state index contributed by atoms with van der Waals surface area (Å²) < 4.78 is 36.4. The molecule has 0 unspecified atom stereocenters. The van der Waals surface area contributed by atoms with Gasteiger partial charge >= 0.3 is 5.97 Å². The molecule has 2 saturated heterocycles. The second-order valence-electron chi connectivity index (χ2n) is 6.41. The van der Waals surface area contributed by atoms with Crippen LogP contribution in [0.5, 0.6) is 0 Å². The first kappa shape index (κ1) is 17.9. The lowest BCUT2D eigenvalue weighted by molar-refractivity contribution is -0.157. The summed E-state index contributed by atoms with van der Waals surface area (Å²) >= 11 is 0. The Kier molecular flexibility index (Phi) is 4.38. The maximum atomic E-state index is 12.8. The molecule has 3 heterocycles. The zero-order valence-corrected chi connectivity index (χ0v) is 14.8. The van der Waals surface area contributed by atoms with Crippen LogP contribution in [0, 0.1) is 18.3 Å². The lowest BCUT2D eigenvalue weighted by Crippen LogP contribution is -2.45. The summed E-state index contributed by atoms with van der Waals surface area (Å²) in [4.78, 5) is 26.1. The van der Waals surface area contributed by atoms with E-state index in [1.165, 1.54) is 24.9 Å². The number of aryl methyl sites for hydroxylation is 1. The number of nitrogens with zero attached hydrogens (tertiary/aromatic N) is 1. The quantitative estimate of drug-likeness (QED) is 0.765. The maximum Gasteiger partial charge on any atom is 0.311 e. The van der Waals surface area contributed by atoms with Crippen molar-refractivity contribution in [3.63, 3.8) is 0 Å². The van der Waals surface area contributed by atoms with Gasteiger partial charge in [0.1, 0.15) is 5.76 Å². The van der Waals surface area contributed by atoms with E-state index < -0.39 is 27.3 Å². The third-order valence-corrected chi connectivity index (χ3v) is 6.35. The summed E-state index contributed by atoms with van der Waals surface area (Å²) in [5.41, 5.74) is -0.889. The summed E-state index contributed by atoms with van der Waals surface area (Å²) in [5, 5.41) is 9.32. The molecule has 0 aromatic carbocycles. The second-order valence-corrected chi connectivity index (χ2v) is 8.23. The van der Waals surface area contributed by atoms with E-state index in [0.717, 1.165) is 0 Å². The number of carbonyl (C=O) groups excluding carboxylic acids is 1. The fourth-order valence-corrected chi connectivity index (χ4v) is 4.23. The minimum Gasteiger partial charge on any atom is -0.481 e. The lowest BCUT2D eigenvalue weighted by atomic mass is 9.74. The fraction of sp³-hybridized carbons (Fsp3) is 0.600. The SMILES string of the molecule is CNS(=O)(=O)c1cc(C(=O)N2C[C@H]3COCC[C@@]3(C(=O)O)C2)c(C)o1. The van der Waals surface area contributed by atoms with E-state index in [-0.39, 0.29) is 35.4 Å². The van der Waals surface area contributed by atoms with Gasteiger partial charge in [0.2, 0.25) is 5.09 Å². The number of carboxylic acid groups (broad SMARTS) is 1. The molecule has 9 nitrogen and oxygen atoms in total. The standard InChI is InChI=1S/C15H20N2O7S/c1-9-11(5-12(24-9)25(21,22)16-2)13(18)17-6-10-7-23-4-3-15(10,8-17)14(19)20/h5,10,16H,3-4,6-8H2,1-2H3,(H,19,20)/t10-,15+/m0/s1. The molecule has 0 spiro atoms. The molecular formula is C15H20N2O7S. The van der Waals surface area contributed by atoms with Gasteiger partial charge in [-0.15, -0.1) is 0 Å². The number of hydrogen-bond acceptors (Lipinski definition) is 6. The van der Waals surface area contributed by atoms with E-state index in [2.05, 4.69) is 4.72 Å². The van der Waals surface area contributed by atoms with Gasteiger partial charge in [-0.1, -0.05) is 0 Å². The van der Waals surface area contributed by atoms with Gasteiger partial charge in [0.25, 0.3) is 15.9 Å². The van der Waals surface area contributed by atoms with Crippen LogP contribution < -0.4 is 4.72 Å². The minimum atomic E-state index is -3.80. The van der Waals surface area contributed by atoms with Crippen molar-refractivity contribution in [2.45, 2.75) is 18.4 Å². The topological polar surface area (TPSA) is 126 Å². The van der Waals surface area contributed by atoms with E-state index in [0.29, 0.717) is 19.6 Å². The van der Waals surface area contributed by atoms with Crippen molar-refractivity contribution in [1.82, 2.24) is 9.62 Å². The Bertz CT molecular complexity index is 816. The highest BCUT2D eigenvalue weighted by molar-refractivity contribution is 7.89. The van der Waals surface area contributed by atoms with Crippen LogP contribution in [0.2, 0.25) is 0 Å². The van der Waals surface area contributed by atoms with Crippen molar-refractivity contribution >= 4 is 21.9 Å². The van der Waals surface area contributed by atoms with Crippen LogP contribution in [0.1, 0.15) is 22.5 Å². The molecule has 1 amide bonds. The number of fused-ring (bicyclic) bond motifs is 1. The van der Waals surface area contributed by atoms with Crippen molar-refractivity contribution in [1.29, 1.82) is 0 Å². The number of carboxylic acids is 1. The summed E-state index contributed by atoms with van der Waals surface area (Å²) in [6, 6.07) is 1.18. The third kappa shape index (κ3) is 2.83. The first-order valence-electron chi connectivity index (χ1n) is 7.85. The first-order valence-corrected chi connectivity index (χ1v) is 9.34. The Balaban J connectivity index is 1.89. The summed E-state index contributed by atoms with van der Waals surface area (Å²) in [6.07, 6.45) is 0.348. The van der Waals surface area contributed by atoms with Crippen LogP contribution in [0.25, 0.3) is 0 Å². The summed E-state index contributed by atoms with van der Waals surface area (Å²) in [6.45, 7) is 2.47. The Morgan fingerprint density at radius 1 is 1.44 bits per heavy atom. The summed E-state index contributed by atoms with van der Waals surface area (Å²) in [7, 11) is -2.56. The Labute approximate surface area is 145 Å². The average Bonchev–Trinajstić information content (AvgIpc) is 3.16. The van der Waals surface area contributed by atoms with Gasteiger partial charge in [0.05, 0.1) is 17.6 Å². The molecule has 138 valence electrons. The number of hydrogen-bond donors (Lipinski definition) is 2. The number of carbonyl (C=O) groups is 2. The van der Waals surface area contributed by atoms with Crippen molar-refractivity contribution in [3.05, 3.63) is 17.4 Å². The molecular weight excluding hydrogens is 352 g/mol. The molecule has 2 N–H and O–H groups in total. The third-order valence-electron chi connectivity index (χ3n) is 5.08. The highest BCUT2D eigenvalue weighted by Crippen LogP contribution is 2.43. The smallest absolute Gasteiger partial charge is 0.311 e. The molecule has 10 heteroatoms. The molecule has 3 rings (SSSR count). The number of nitrogens with one attached hydrogen (secondary N) is 1. The van der Waals surface area contributed by atoms with E-state index in [9.17, 15) is 23.1 Å². The van der Waals surface area contributed by atoms with Gasteiger partial charge in [-0.2, -0.15) is 0 Å². The Morgan fingerprint density at radius 3 is 2.76 bits per heavy atom. The minimum absolute atomic E-state index is 0.0773. The van der Waals surface area contributed by atoms with Crippen LogP contribution in [0.4, 0.5) is 0 Å². The molecule has 2 atom stereocenters.